The van der Waals surface area contributed by atoms with Crippen LogP contribution >= 0.6 is 0 Å². The maximum absolute atomic E-state index is 13.5. The summed E-state index contributed by atoms with van der Waals surface area (Å²) in [6.45, 7) is 4.11. The Bertz CT molecular complexity index is 1530. The van der Waals surface area contributed by atoms with Crippen LogP contribution in [0.3, 0.4) is 0 Å². The topological polar surface area (TPSA) is 139 Å². The number of nitrogens with one attached hydrogen (secondary N) is 2. The van der Waals surface area contributed by atoms with Crippen LogP contribution in [0.5, 0.6) is 5.75 Å². The van der Waals surface area contributed by atoms with E-state index in [0.29, 0.717) is 42.0 Å². The molecule has 2 amide bonds. The number of methoxy groups -OCH3 is 2. The fraction of sp³-hybridized carbons (Fsp3) is 0.514. The number of hydrogen-bond donors (Lipinski definition) is 2. The lowest BCUT2D eigenvalue weighted by atomic mass is 9.77. The number of nitrogens with zero attached hydrogens (tertiary/aromatic N) is 3. The Morgan fingerprint density at radius 1 is 1.02 bits per heavy atom. The Labute approximate surface area is 264 Å². The van der Waals surface area contributed by atoms with Crippen LogP contribution in [0.4, 0.5) is 10.5 Å². The number of carbonyl (C=O) groups excluding carboxylic acids is 2. The first kappa shape index (κ1) is 32.0. The van der Waals surface area contributed by atoms with Crippen molar-refractivity contribution in [2.24, 2.45) is 11.8 Å². The zero-order valence-corrected chi connectivity index (χ0v) is 26.6. The number of carbonyl (C=O) groups is 2. The van der Waals surface area contributed by atoms with E-state index < -0.39 is 6.09 Å². The molecule has 0 unspecified atom stereocenters. The molecule has 45 heavy (non-hydrogen) atoms. The number of amides is 2. The smallest absolute Gasteiger partial charge is 0.407 e. The number of benzene rings is 1. The number of nitriles is 1. The van der Waals surface area contributed by atoms with Crippen LogP contribution in [0.2, 0.25) is 0 Å². The molecule has 2 saturated carbocycles. The Morgan fingerprint density at radius 3 is 2.42 bits per heavy atom. The summed E-state index contributed by atoms with van der Waals surface area (Å²) in [5.41, 5.74) is 4.92. The van der Waals surface area contributed by atoms with E-state index in [1.54, 1.807) is 13.4 Å². The molecule has 1 aromatic carbocycles. The summed E-state index contributed by atoms with van der Waals surface area (Å²) in [5.74, 6) is 1.95. The molecule has 0 saturated heterocycles. The molecule has 5 rings (SSSR count). The van der Waals surface area contributed by atoms with Gasteiger partial charge in [-0.25, -0.2) is 14.8 Å². The standard InChI is InChI=1S/C35H43N5O5/c1-21(2)34-40-31(20-45-34)26-6-5-7-29(39-33(41)24-12-14-25(15-13-24)37-35(42)44-4)27(26)18-22-8-10-23(11-9-22)28-16-17-32(43-3)30(19-36)38-28/h5-7,16-17,20-25H,8-15,18H2,1-4H3,(H,37,42)(H,39,41). The molecule has 2 aliphatic carbocycles. The van der Waals surface area contributed by atoms with Crippen LogP contribution in [-0.2, 0) is 16.0 Å². The molecule has 2 fully saturated rings. The van der Waals surface area contributed by atoms with E-state index in [-0.39, 0.29) is 23.8 Å². The second-order valence-corrected chi connectivity index (χ2v) is 12.6. The fourth-order valence-electron chi connectivity index (χ4n) is 6.69. The van der Waals surface area contributed by atoms with E-state index in [4.69, 9.17) is 18.9 Å². The van der Waals surface area contributed by atoms with Crippen molar-refractivity contribution in [1.82, 2.24) is 15.3 Å². The molecule has 0 aliphatic heterocycles. The first-order valence-corrected chi connectivity index (χ1v) is 16.0. The highest BCUT2D eigenvalue weighted by atomic mass is 16.5. The second-order valence-electron chi connectivity index (χ2n) is 12.6. The lowest BCUT2D eigenvalue weighted by Crippen LogP contribution is -2.39. The lowest BCUT2D eigenvalue weighted by Gasteiger charge is -2.30. The zero-order chi connectivity index (χ0) is 31.9. The maximum Gasteiger partial charge on any atom is 0.407 e. The molecule has 0 radical (unpaired) electrons. The van der Waals surface area contributed by atoms with Crippen molar-refractivity contribution in [2.45, 2.75) is 89.5 Å². The Morgan fingerprint density at radius 2 is 1.78 bits per heavy atom. The molecule has 2 N–H and O–H groups in total. The first-order chi connectivity index (χ1) is 21.8. The van der Waals surface area contributed by atoms with Gasteiger partial charge in [0.2, 0.25) is 5.91 Å². The number of hydrogen-bond acceptors (Lipinski definition) is 8. The average molecular weight is 614 g/mol. The van der Waals surface area contributed by atoms with Gasteiger partial charge in [-0.15, -0.1) is 0 Å². The summed E-state index contributed by atoms with van der Waals surface area (Å²) in [6.07, 6.45) is 8.93. The Hall–Kier alpha value is -4.39. The molecule has 0 atom stereocenters. The fourth-order valence-corrected chi connectivity index (χ4v) is 6.69. The number of ether oxygens (including phenoxy) is 2. The minimum Gasteiger partial charge on any atom is -0.494 e. The van der Waals surface area contributed by atoms with Gasteiger partial charge in [0.05, 0.1) is 14.2 Å². The van der Waals surface area contributed by atoms with Gasteiger partial charge in [-0.2, -0.15) is 5.26 Å². The highest BCUT2D eigenvalue weighted by Crippen LogP contribution is 2.40. The van der Waals surface area contributed by atoms with Gasteiger partial charge < -0.3 is 24.5 Å². The molecule has 238 valence electrons. The van der Waals surface area contributed by atoms with Gasteiger partial charge in [-0.1, -0.05) is 26.0 Å². The van der Waals surface area contributed by atoms with Crippen molar-refractivity contribution in [3.63, 3.8) is 0 Å². The van der Waals surface area contributed by atoms with Crippen LogP contribution in [0.25, 0.3) is 11.3 Å². The molecule has 2 aromatic heterocycles. The number of rotatable bonds is 9. The molecule has 2 aliphatic rings. The summed E-state index contributed by atoms with van der Waals surface area (Å²) in [5, 5.41) is 15.6. The molecule has 0 bridgehead atoms. The van der Waals surface area contributed by atoms with Gasteiger partial charge in [0.15, 0.2) is 17.3 Å². The van der Waals surface area contributed by atoms with E-state index in [1.807, 2.05) is 24.3 Å². The van der Waals surface area contributed by atoms with Gasteiger partial charge >= 0.3 is 6.09 Å². The largest absolute Gasteiger partial charge is 0.494 e. The second kappa shape index (κ2) is 14.6. The molecular formula is C35H43N5O5. The van der Waals surface area contributed by atoms with E-state index in [0.717, 1.165) is 73.1 Å². The number of alkyl carbamates (subject to hydrolysis) is 1. The molecular weight excluding hydrogens is 570 g/mol. The van der Waals surface area contributed by atoms with Crippen molar-refractivity contribution in [3.8, 4) is 23.1 Å². The van der Waals surface area contributed by atoms with E-state index in [9.17, 15) is 14.9 Å². The Kier molecular flexibility index (Phi) is 10.4. The third-order valence-corrected chi connectivity index (χ3v) is 9.29. The van der Waals surface area contributed by atoms with Gasteiger partial charge in [0.25, 0.3) is 0 Å². The summed E-state index contributed by atoms with van der Waals surface area (Å²) in [6, 6.07) is 12.0. The molecule has 2 heterocycles. The molecule has 10 heteroatoms. The number of pyridine rings is 1. The molecule has 3 aromatic rings. The van der Waals surface area contributed by atoms with Crippen LogP contribution < -0.4 is 15.4 Å². The van der Waals surface area contributed by atoms with Crippen LogP contribution in [0.15, 0.2) is 41.0 Å². The minimum absolute atomic E-state index is 0.00975. The highest BCUT2D eigenvalue weighted by Gasteiger charge is 2.30. The minimum atomic E-state index is -0.431. The normalized spacial score (nSPS) is 21.5. The summed E-state index contributed by atoms with van der Waals surface area (Å²) >= 11 is 0. The first-order valence-electron chi connectivity index (χ1n) is 16.0. The van der Waals surface area contributed by atoms with Gasteiger partial charge in [0, 0.05) is 40.7 Å². The molecule has 0 spiro atoms. The zero-order valence-electron chi connectivity index (χ0n) is 26.6. The highest BCUT2D eigenvalue weighted by molar-refractivity contribution is 5.94. The monoisotopic (exact) mass is 613 g/mol. The van der Waals surface area contributed by atoms with Crippen LogP contribution in [-0.4, -0.2) is 42.2 Å². The summed E-state index contributed by atoms with van der Waals surface area (Å²) in [4.78, 5) is 34.6. The maximum atomic E-state index is 13.5. The number of anilines is 1. The number of oxazole rings is 1. The van der Waals surface area contributed by atoms with Crippen molar-refractivity contribution in [3.05, 3.63) is 59.4 Å². The summed E-state index contributed by atoms with van der Waals surface area (Å²) in [7, 11) is 2.91. The quantitative estimate of drug-likeness (QED) is 0.260. The third-order valence-electron chi connectivity index (χ3n) is 9.29. The predicted molar refractivity (Wildman–Crippen MR) is 170 cm³/mol. The Balaban J connectivity index is 1.32. The van der Waals surface area contributed by atoms with Crippen molar-refractivity contribution < 1.29 is 23.5 Å². The van der Waals surface area contributed by atoms with Gasteiger partial charge in [0.1, 0.15) is 18.0 Å². The van der Waals surface area contributed by atoms with E-state index in [1.165, 1.54) is 7.11 Å². The lowest BCUT2D eigenvalue weighted by molar-refractivity contribution is -0.120. The third kappa shape index (κ3) is 7.64. The van der Waals surface area contributed by atoms with Crippen LogP contribution in [0, 0.1) is 23.2 Å². The van der Waals surface area contributed by atoms with Crippen molar-refractivity contribution in [2.75, 3.05) is 19.5 Å². The van der Waals surface area contributed by atoms with Gasteiger partial charge in [-0.3, -0.25) is 4.79 Å². The van der Waals surface area contributed by atoms with E-state index >= 15 is 0 Å². The number of aromatic nitrogens is 2. The molecule has 10 nitrogen and oxygen atoms in total. The van der Waals surface area contributed by atoms with Gasteiger partial charge in [-0.05, 0) is 87.5 Å². The van der Waals surface area contributed by atoms with E-state index in [2.05, 4.69) is 41.6 Å². The van der Waals surface area contributed by atoms with Crippen molar-refractivity contribution >= 4 is 17.7 Å². The summed E-state index contributed by atoms with van der Waals surface area (Å²) < 4.78 is 15.8. The average Bonchev–Trinajstić information content (AvgIpc) is 3.56. The predicted octanol–water partition coefficient (Wildman–Crippen LogP) is 7.11. The van der Waals surface area contributed by atoms with Crippen molar-refractivity contribution in [1.29, 1.82) is 5.26 Å². The SMILES string of the molecule is COC(=O)NC1CCC(C(=O)Nc2cccc(-c3coc(C(C)C)n3)c2CC2CCC(c3ccc(OC)c(C#N)n3)CC2)CC1. The van der Waals surface area contributed by atoms with Crippen LogP contribution in [0.1, 0.15) is 99.9 Å².